The first-order valence-corrected chi connectivity index (χ1v) is 7.60. The van der Waals surface area contributed by atoms with Gasteiger partial charge in [0.05, 0.1) is 23.7 Å². The summed E-state index contributed by atoms with van der Waals surface area (Å²) in [5.74, 6) is 0.878. The summed E-state index contributed by atoms with van der Waals surface area (Å²) in [6.45, 7) is 4.14. The lowest BCUT2D eigenvalue weighted by molar-refractivity contribution is 0.0926. The number of rotatable bonds is 5. The van der Waals surface area contributed by atoms with Crippen molar-refractivity contribution in [3.63, 3.8) is 0 Å². The van der Waals surface area contributed by atoms with Gasteiger partial charge in [0.15, 0.2) is 0 Å². The third kappa shape index (κ3) is 3.80. The van der Waals surface area contributed by atoms with Crippen LogP contribution in [0.15, 0.2) is 48.5 Å². The second kappa shape index (κ2) is 7.32. The summed E-state index contributed by atoms with van der Waals surface area (Å²) >= 11 is 6.09. The first-order chi connectivity index (χ1) is 10.5. The molecule has 3 nitrogen and oxygen atoms in total. The van der Waals surface area contributed by atoms with E-state index in [1.165, 1.54) is 0 Å². The van der Waals surface area contributed by atoms with E-state index in [-0.39, 0.29) is 17.9 Å². The van der Waals surface area contributed by atoms with Gasteiger partial charge in [0.25, 0.3) is 5.91 Å². The van der Waals surface area contributed by atoms with Crippen LogP contribution < -0.4 is 10.1 Å². The SMILES string of the molecule is COc1ccc(C(NC(=O)c2ccccc2Cl)C(C)C)cc1. The van der Waals surface area contributed by atoms with Crippen LogP contribution >= 0.6 is 11.6 Å². The molecule has 0 radical (unpaired) electrons. The molecule has 0 spiro atoms. The summed E-state index contributed by atoms with van der Waals surface area (Å²) < 4.78 is 5.17. The van der Waals surface area contributed by atoms with Crippen molar-refractivity contribution in [2.75, 3.05) is 7.11 Å². The fraction of sp³-hybridized carbons (Fsp3) is 0.278. The van der Waals surface area contributed by atoms with Gasteiger partial charge in [0, 0.05) is 0 Å². The smallest absolute Gasteiger partial charge is 0.253 e. The molecule has 2 aromatic rings. The molecule has 22 heavy (non-hydrogen) atoms. The minimum absolute atomic E-state index is 0.0883. The molecule has 0 aliphatic carbocycles. The number of amides is 1. The number of halogens is 1. The van der Waals surface area contributed by atoms with Gasteiger partial charge in [0.2, 0.25) is 0 Å². The second-order valence-electron chi connectivity index (χ2n) is 5.45. The van der Waals surface area contributed by atoms with E-state index in [0.717, 1.165) is 11.3 Å². The van der Waals surface area contributed by atoms with Gasteiger partial charge in [-0.1, -0.05) is 49.7 Å². The predicted molar refractivity (Wildman–Crippen MR) is 89.5 cm³/mol. The molecular weight excluding hydrogens is 298 g/mol. The van der Waals surface area contributed by atoms with Crippen LogP contribution in [0.3, 0.4) is 0 Å². The molecule has 0 aliphatic rings. The van der Waals surface area contributed by atoms with Gasteiger partial charge in [-0.15, -0.1) is 0 Å². The Kier molecular flexibility index (Phi) is 5.45. The lowest BCUT2D eigenvalue weighted by Crippen LogP contribution is -2.31. The van der Waals surface area contributed by atoms with Crippen molar-refractivity contribution in [1.29, 1.82) is 0 Å². The van der Waals surface area contributed by atoms with Crippen molar-refractivity contribution in [1.82, 2.24) is 5.32 Å². The maximum absolute atomic E-state index is 12.5. The molecule has 0 aliphatic heterocycles. The van der Waals surface area contributed by atoms with Crippen LogP contribution in [0.4, 0.5) is 0 Å². The Hall–Kier alpha value is -2.00. The number of nitrogens with one attached hydrogen (secondary N) is 1. The van der Waals surface area contributed by atoms with Crippen molar-refractivity contribution < 1.29 is 9.53 Å². The second-order valence-corrected chi connectivity index (χ2v) is 5.86. The highest BCUT2D eigenvalue weighted by molar-refractivity contribution is 6.33. The molecule has 1 unspecified atom stereocenters. The summed E-state index contributed by atoms with van der Waals surface area (Å²) in [6, 6.07) is 14.7. The molecule has 0 saturated heterocycles. The summed E-state index contributed by atoms with van der Waals surface area (Å²) in [5, 5.41) is 3.52. The Bertz CT molecular complexity index is 638. The van der Waals surface area contributed by atoms with Crippen LogP contribution in [0.2, 0.25) is 5.02 Å². The van der Waals surface area contributed by atoms with Crippen LogP contribution in [0, 0.1) is 5.92 Å². The van der Waals surface area contributed by atoms with Crippen molar-refractivity contribution in [2.45, 2.75) is 19.9 Å². The largest absolute Gasteiger partial charge is 0.497 e. The topological polar surface area (TPSA) is 38.3 Å². The molecule has 2 aromatic carbocycles. The molecule has 1 atom stereocenters. The molecule has 116 valence electrons. The van der Waals surface area contributed by atoms with E-state index in [0.29, 0.717) is 10.6 Å². The average molecular weight is 318 g/mol. The molecule has 0 fully saturated rings. The summed E-state index contributed by atoms with van der Waals surface area (Å²) in [4.78, 5) is 12.5. The zero-order chi connectivity index (χ0) is 16.1. The number of hydrogen-bond donors (Lipinski definition) is 1. The first kappa shape index (κ1) is 16.4. The van der Waals surface area contributed by atoms with E-state index in [1.807, 2.05) is 30.3 Å². The van der Waals surface area contributed by atoms with Gasteiger partial charge in [-0.3, -0.25) is 4.79 Å². The predicted octanol–water partition coefficient (Wildman–Crippen LogP) is 4.48. The Morgan fingerprint density at radius 1 is 1.09 bits per heavy atom. The Balaban J connectivity index is 2.21. The molecule has 2 rings (SSSR count). The molecule has 4 heteroatoms. The maximum Gasteiger partial charge on any atom is 0.253 e. The number of ether oxygens (including phenoxy) is 1. The first-order valence-electron chi connectivity index (χ1n) is 7.22. The highest BCUT2D eigenvalue weighted by Gasteiger charge is 2.20. The maximum atomic E-state index is 12.5. The highest BCUT2D eigenvalue weighted by atomic mass is 35.5. The lowest BCUT2D eigenvalue weighted by Gasteiger charge is -2.23. The minimum Gasteiger partial charge on any atom is -0.497 e. The molecule has 0 heterocycles. The molecular formula is C18H20ClNO2. The van der Waals surface area contributed by atoms with E-state index in [1.54, 1.807) is 25.3 Å². The van der Waals surface area contributed by atoms with Gasteiger partial charge < -0.3 is 10.1 Å². The molecule has 0 aromatic heterocycles. The minimum atomic E-state index is -0.167. The third-order valence-electron chi connectivity index (χ3n) is 3.55. The Morgan fingerprint density at radius 2 is 1.73 bits per heavy atom. The zero-order valence-electron chi connectivity index (χ0n) is 13.0. The molecule has 0 bridgehead atoms. The van der Waals surface area contributed by atoms with E-state index in [4.69, 9.17) is 16.3 Å². The molecule has 1 N–H and O–H groups in total. The van der Waals surface area contributed by atoms with Crippen molar-refractivity contribution in [2.24, 2.45) is 5.92 Å². The van der Waals surface area contributed by atoms with Crippen molar-refractivity contribution in [3.8, 4) is 5.75 Å². The number of carbonyl (C=O) groups is 1. The number of hydrogen-bond acceptors (Lipinski definition) is 2. The fourth-order valence-corrected chi connectivity index (χ4v) is 2.53. The number of carbonyl (C=O) groups excluding carboxylic acids is 1. The van der Waals surface area contributed by atoms with Crippen molar-refractivity contribution in [3.05, 3.63) is 64.7 Å². The van der Waals surface area contributed by atoms with Crippen molar-refractivity contribution >= 4 is 17.5 Å². The van der Waals surface area contributed by atoms with Crippen LogP contribution in [0.25, 0.3) is 0 Å². The highest BCUT2D eigenvalue weighted by Crippen LogP contribution is 2.25. The quantitative estimate of drug-likeness (QED) is 0.883. The normalized spacial score (nSPS) is 12.0. The van der Waals surface area contributed by atoms with E-state index >= 15 is 0 Å². The van der Waals surface area contributed by atoms with Crippen LogP contribution in [-0.2, 0) is 0 Å². The van der Waals surface area contributed by atoms with Crippen LogP contribution in [0.5, 0.6) is 5.75 Å². The summed E-state index contributed by atoms with van der Waals surface area (Å²) in [7, 11) is 1.63. The average Bonchev–Trinajstić information content (AvgIpc) is 2.52. The monoisotopic (exact) mass is 317 g/mol. The number of benzene rings is 2. The van der Waals surface area contributed by atoms with E-state index in [9.17, 15) is 4.79 Å². The number of methoxy groups -OCH3 is 1. The zero-order valence-corrected chi connectivity index (χ0v) is 13.7. The van der Waals surface area contributed by atoms with E-state index in [2.05, 4.69) is 19.2 Å². The van der Waals surface area contributed by atoms with Crippen LogP contribution in [-0.4, -0.2) is 13.0 Å². The van der Waals surface area contributed by atoms with Crippen LogP contribution in [0.1, 0.15) is 35.8 Å². The van der Waals surface area contributed by atoms with Gasteiger partial charge in [-0.25, -0.2) is 0 Å². The van der Waals surface area contributed by atoms with Gasteiger partial charge in [0.1, 0.15) is 5.75 Å². The van der Waals surface area contributed by atoms with E-state index < -0.39 is 0 Å². The molecule has 0 saturated carbocycles. The third-order valence-corrected chi connectivity index (χ3v) is 3.88. The fourth-order valence-electron chi connectivity index (χ4n) is 2.31. The summed E-state index contributed by atoms with van der Waals surface area (Å²) in [6.07, 6.45) is 0. The van der Waals surface area contributed by atoms with Gasteiger partial charge in [-0.2, -0.15) is 0 Å². The Labute approximate surface area is 136 Å². The molecule has 1 amide bonds. The van der Waals surface area contributed by atoms with Gasteiger partial charge in [-0.05, 0) is 35.7 Å². The standard InChI is InChI=1S/C18H20ClNO2/c1-12(2)17(13-8-10-14(22-3)11-9-13)20-18(21)15-6-4-5-7-16(15)19/h4-12,17H,1-3H3,(H,20,21). The Morgan fingerprint density at radius 3 is 2.27 bits per heavy atom. The lowest BCUT2D eigenvalue weighted by atomic mass is 9.95. The van der Waals surface area contributed by atoms with Gasteiger partial charge >= 0.3 is 0 Å². The summed E-state index contributed by atoms with van der Waals surface area (Å²) in [5.41, 5.74) is 1.53.